The SMILES string of the molecule is COc1cc(C(=O)O)c(N)c(F)c1OC. The average molecular weight is 215 g/mol. The standard InChI is InChI=1S/C9H10FNO4/c1-14-5-3-4(9(12)13)7(11)6(10)8(5)15-2/h3H,11H2,1-2H3,(H,12,13). The van der Waals surface area contributed by atoms with E-state index in [1.807, 2.05) is 0 Å². The fourth-order valence-electron chi connectivity index (χ4n) is 1.14. The molecule has 82 valence electrons. The molecule has 0 saturated heterocycles. The van der Waals surface area contributed by atoms with E-state index in [1.54, 1.807) is 0 Å². The molecule has 0 aromatic heterocycles. The molecule has 0 spiro atoms. The molecule has 0 aliphatic heterocycles. The van der Waals surface area contributed by atoms with Gasteiger partial charge in [0.1, 0.15) is 0 Å². The Balaban J connectivity index is 3.49. The molecule has 0 atom stereocenters. The number of nitrogens with two attached hydrogens (primary N) is 1. The number of carbonyl (C=O) groups is 1. The van der Waals surface area contributed by atoms with Gasteiger partial charge in [-0.15, -0.1) is 0 Å². The maximum absolute atomic E-state index is 13.5. The lowest BCUT2D eigenvalue weighted by Crippen LogP contribution is -2.07. The van der Waals surface area contributed by atoms with Crippen LogP contribution in [0.1, 0.15) is 10.4 Å². The van der Waals surface area contributed by atoms with Gasteiger partial charge in [-0.1, -0.05) is 0 Å². The number of carboxylic acid groups (broad SMARTS) is 1. The summed E-state index contributed by atoms with van der Waals surface area (Å²) in [5.41, 5.74) is 4.46. The second-order valence-corrected chi connectivity index (χ2v) is 2.69. The van der Waals surface area contributed by atoms with E-state index >= 15 is 0 Å². The number of anilines is 1. The number of benzene rings is 1. The number of halogens is 1. The first kappa shape index (κ1) is 11.1. The minimum atomic E-state index is -1.33. The highest BCUT2D eigenvalue weighted by atomic mass is 19.1. The van der Waals surface area contributed by atoms with Gasteiger partial charge in [0.05, 0.1) is 25.5 Å². The maximum Gasteiger partial charge on any atom is 0.338 e. The van der Waals surface area contributed by atoms with Gasteiger partial charge in [0.25, 0.3) is 0 Å². The van der Waals surface area contributed by atoms with Crippen molar-refractivity contribution in [3.8, 4) is 11.5 Å². The topological polar surface area (TPSA) is 81.8 Å². The van der Waals surface area contributed by atoms with E-state index in [1.165, 1.54) is 14.2 Å². The van der Waals surface area contributed by atoms with Crippen LogP contribution in [0.3, 0.4) is 0 Å². The van der Waals surface area contributed by atoms with Crippen LogP contribution in [0.4, 0.5) is 10.1 Å². The zero-order valence-electron chi connectivity index (χ0n) is 8.20. The first-order valence-corrected chi connectivity index (χ1v) is 3.96. The number of hydrogen-bond donors (Lipinski definition) is 2. The summed E-state index contributed by atoms with van der Waals surface area (Å²) in [6, 6.07) is 1.11. The van der Waals surface area contributed by atoms with E-state index in [-0.39, 0.29) is 17.1 Å². The minimum absolute atomic E-state index is 0.0124. The third-order valence-corrected chi connectivity index (χ3v) is 1.88. The molecule has 3 N–H and O–H groups in total. The molecule has 5 nitrogen and oxygen atoms in total. The predicted molar refractivity (Wildman–Crippen MR) is 50.9 cm³/mol. The summed E-state index contributed by atoms with van der Waals surface area (Å²) >= 11 is 0. The number of nitrogen functional groups attached to an aromatic ring is 1. The predicted octanol–water partition coefficient (Wildman–Crippen LogP) is 1.12. The van der Waals surface area contributed by atoms with E-state index in [4.69, 9.17) is 20.3 Å². The van der Waals surface area contributed by atoms with Crippen molar-refractivity contribution < 1.29 is 23.8 Å². The summed E-state index contributed by atoms with van der Waals surface area (Å²) in [5, 5.41) is 8.73. The van der Waals surface area contributed by atoms with Crippen molar-refractivity contribution in [3.63, 3.8) is 0 Å². The van der Waals surface area contributed by atoms with E-state index in [0.29, 0.717) is 0 Å². The Morgan fingerprint density at radius 2 is 2.07 bits per heavy atom. The third-order valence-electron chi connectivity index (χ3n) is 1.88. The lowest BCUT2D eigenvalue weighted by atomic mass is 10.1. The maximum atomic E-state index is 13.5. The molecule has 15 heavy (non-hydrogen) atoms. The van der Waals surface area contributed by atoms with Crippen LogP contribution in [0.5, 0.6) is 11.5 Å². The molecular formula is C9H10FNO4. The van der Waals surface area contributed by atoms with Gasteiger partial charge in [-0.05, 0) is 0 Å². The van der Waals surface area contributed by atoms with Crippen LogP contribution in [0.2, 0.25) is 0 Å². The number of aromatic carboxylic acids is 1. The van der Waals surface area contributed by atoms with Gasteiger partial charge in [0.2, 0.25) is 0 Å². The summed E-state index contributed by atoms with van der Waals surface area (Å²) in [6.07, 6.45) is 0. The fourth-order valence-corrected chi connectivity index (χ4v) is 1.14. The first-order chi connectivity index (χ1) is 7.02. The van der Waals surface area contributed by atoms with Gasteiger partial charge in [-0.2, -0.15) is 0 Å². The largest absolute Gasteiger partial charge is 0.493 e. The molecule has 0 aliphatic carbocycles. The van der Waals surface area contributed by atoms with Gasteiger partial charge in [0, 0.05) is 6.07 Å². The monoisotopic (exact) mass is 215 g/mol. The van der Waals surface area contributed by atoms with Gasteiger partial charge in [-0.25, -0.2) is 9.18 Å². The van der Waals surface area contributed by atoms with Crippen molar-refractivity contribution in [3.05, 3.63) is 17.4 Å². The van der Waals surface area contributed by atoms with Crippen molar-refractivity contribution in [1.29, 1.82) is 0 Å². The third kappa shape index (κ3) is 1.78. The molecule has 1 rings (SSSR count). The highest BCUT2D eigenvalue weighted by Gasteiger charge is 2.21. The molecule has 6 heteroatoms. The van der Waals surface area contributed by atoms with Crippen molar-refractivity contribution in [2.75, 3.05) is 20.0 Å². The van der Waals surface area contributed by atoms with Crippen LogP contribution in [0.15, 0.2) is 6.07 Å². The molecular weight excluding hydrogens is 205 g/mol. The molecule has 0 unspecified atom stereocenters. The fraction of sp³-hybridized carbons (Fsp3) is 0.222. The van der Waals surface area contributed by atoms with Crippen molar-refractivity contribution in [2.45, 2.75) is 0 Å². The summed E-state index contributed by atoms with van der Waals surface area (Å²) in [4.78, 5) is 10.7. The average Bonchev–Trinajstić information content (AvgIpc) is 2.21. The normalized spacial score (nSPS) is 9.80. The van der Waals surface area contributed by atoms with Crippen LogP contribution >= 0.6 is 0 Å². The number of rotatable bonds is 3. The van der Waals surface area contributed by atoms with E-state index < -0.39 is 17.5 Å². The Hall–Kier alpha value is -1.98. The summed E-state index contributed by atoms with van der Waals surface area (Å²) in [6.45, 7) is 0. The molecule has 0 saturated carbocycles. The Labute approximate surface area is 85.2 Å². The van der Waals surface area contributed by atoms with Gasteiger partial charge in [0.15, 0.2) is 17.3 Å². The molecule has 1 aromatic rings. The van der Waals surface area contributed by atoms with Crippen molar-refractivity contribution >= 4 is 11.7 Å². The lowest BCUT2D eigenvalue weighted by molar-refractivity contribution is 0.0697. The molecule has 0 amide bonds. The Morgan fingerprint density at radius 1 is 1.47 bits per heavy atom. The van der Waals surface area contributed by atoms with Crippen LogP contribution in [-0.2, 0) is 0 Å². The van der Waals surface area contributed by atoms with Crippen molar-refractivity contribution in [2.24, 2.45) is 0 Å². The number of carboxylic acids is 1. The van der Waals surface area contributed by atoms with Crippen LogP contribution < -0.4 is 15.2 Å². The molecule has 1 aromatic carbocycles. The van der Waals surface area contributed by atoms with Gasteiger partial charge >= 0.3 is 5.97 Å². The van der Waals surface area contributed by atoms with Crippen LogP contribution in [0, 0.1) is 5.82 Å². The Bertz CT molecular complexity index is 406. The van der Waals surface area contributed by atoms with Crippen LogP contribution in [-0.4, -0.2) is 25.3 Å². The van der Waals surface area contributed by atoms with Gasteiger partial charge in [-0.3, -0.25) is 0 Å². The van der Waals surface area contributed by atoms with Crippen molar-refractivity contribution in [1.82, 2.24) is 0 Å². The quantitative estimate of drug-likeness (QED) is 0.738. The van der Waals surface area contributed by atoms with E-state index in [9.17, 15) is 9.18 Å². The first-order valence-electron chi connectivity index (χ1n) is 3.96. The number of methoxy groups -OCH3 is 2. The minimum Gasteiger partial charge on any atom is -0.493 e. The summed E-state index contributed by atoms with van der Waals surface area (Å²) < 4.78 is 23.0. The smallest absolute Gasteiger partial charge is 0.338 e. The molecule has 0 fully saturated rings. The Morgan fingerprint density at radius 3 is 2.47 bits per heavy atom. The molecule has 0 heterocycles. The van der Waals surface area contributed by atoms with Gasteiger partial charge < -0.3 is 20.3 Å². The summed E-state index contributed by atoms with van der Waals surface area (Å²) in [7, 11) is 2.51. The van der Waals surface area contributed by atoms with E-state index in [2.05, 4.69) is 0 Å². The second-order valence-electron chi connectivity index (χ2n) is 2.69. The highest BCUT2D eigenvalue weighted by molar-refractivity contribution is 5.95. The molecule has 0 aliphatic rings. The Kier molecular flexibility index (Phi) is 2.99. The lowest BCUT2D eigenvalue weighted by Gasteiger charge is -2.11. The number of ether oxygens (including phenoxy) is 2. The van der Waals surface area contributed by atoms with Crippen LogP contribution in [0.25, 0.3) is 0 Å². The zero-order chi connectivity index (χ0) is 11.6. The summed E-state index contributed by atoms with van der Waals surface area (Å²) in [5.74, 6) is -2.48. The number of hydrogen-bond acceptors (Lipinski definition) is 4. The second kappa shape index (κ2) is 4.04. The highest BCUT2D eigenvalue weighted by Crippen LogP contribution is 2.35. The zero-order valence-corrected chi connectivity index (χ0v) is 8.20. The van der Waals surface area contributed by atoms with E-state index in [0.717, 1.165) is 6.07 Å². The molecule has 0 radical (unpaired) electrons. The molecule has 0 bridgehead atoms.